The number of imide groups is 1. The third-order valence-electron chi connectivity index (χ3n) is 7.15. The molecule has 6 rings (SSSR count). The van der Waals surface area contributed by atoms with Crippen LogP contribution >= 0.6 is 0 Å². The minimum absolute atomic E-state index is 0.0247. The molecule has 1 unspecified atom stereocenters. The number of aliphatic carboxylic acids is 1. The summed E-state index contributed by atoms with van der Waals surface area (Å²) in [6.45, 7) is 0.101. The number of urea groups is 1. The van der Waals surface area contributed by atoms with Gasteiger partial charge in [-0.2, -0.15) is 4.31 Å². The Hall–Kier alpha value is -5.12. The van der Waals surface area contributed by atoms with Crippen LogP contribution in [0.5, 0.6) is 0 Å². The van der Waals surface area contributed by atoms with Crippen molar-refractivity contribution in [2.45, 2.75) is 23.8 Å². The van der Waals surface area contributed by atoms with Crippen LogP contribution in [-0.2, 0) is 19.6 Å². The second kappa shape index (κ2) is 10.7. The summed E-state index contributed by atoms with van der Waals surface area (Å²) in [7, 11) is -3.93. The molecule has 0 aliphatic carbocycles. The van der Waals surface area contributed by atoms with Crippen molar-refractivity contribution in [1.29, 1.82) is 0 Å². The number of aromatic nitrogens is 2. The van der Waals surface area contributed by atoms with Crippen LogP contribution in [0.25, 0.3) is 22.2 Å². The number of rotatable bonds is 5. The predicted octanol–water partition coefficient (Wildman–Crippen LogP) is 2.99. The Labute approximate surface area is 240 Å². The molecule has 210 valence electrons. The number of amides is 3. The van der Waals surface area contributed by atoms with Crippen LogP contribution in [-0.4, -0.2) is 64.8 Å². The number of nitrogens with zero attached hydrogens (tertiary/aromatic N) is 4. The molecule has 4 aromatic rings. The summed E-state index contributed by atoms with van der Waals surface area (Å²) >= 11 is 0. The summed E-state index contributed by atoms with van der Waals surface area (Å²) in [5, 5.41) is 12.5. The summed E-state index contributed by atoms with van der Waals surface area (Å²) in [6, 6.07) is 15.2. The molecule has 2 aromatic carbocycles. The smallest absolute Gasteiger partial charge is 0.329 e. The second-order valence-electron chi connectivity index (χ2n) is 9.77. The SMILES string of the molecule is O=C(O)C1CCCN1S(=O)(=O)c1ccc(C#Cc2ccc(-c3cc(N4C(=O)CNC4=O)c4cnccc4n3)cc2)cc1. The third-order valence-corrected chi connectivity index (χ3v) is 9.08. The van der Waals surface area contributed by atoms with E-state index in [-0.39, 0.29) is 23.9 Å². The second-order valence-corrected chi connectivity index (χ2v) is 11.7. The Bertz CT molecular complexity index is 1900. The molecule has 0 radical (unpaired) electrons. The van der Waals surface area contributed by atoms with Crippen LogP contribution in [0.2, 0.25) is 0 Å². The van der Waals surface area contributed by atoms with Gasteiger partial charge in [0.15, 0.2) is 0 Å². The Morgan fingerprint density at radius 1 is 1.00 bits per heavy atom. The molecule has 1 atom stereocenters. The highest BCUT2D eigenvalue weighted by Crippen LogP contribution is 2.32. The Balaban J connectivity index is 1.23. The van der Waals surface area contributed by atoms with E-state index >= 15 is 0 Å². The van der Waals surface area contributed by atoms with E-state index in [0.29, 0.717) is 46.3 Å². The van der Waals surface area contributed by atoms with E-state index in [1.54, 1.807) is 36.7 Å². The quantitative estimate of drug-likeness (QED) is 0.270. The molecule has 2 aliphatic heterocycles. The van der Waals surface area contributed by atoms with Gasteiger partial charge in [0.1, 0.15) is 6.04 Å². The minimum Gasteiger partial charge on any atom is -0.480 e. The number of anilines is 1. The van der Waals surface area contributed by atoms with E-state index in [9.17, 15) is 27.9 Å². The Morgan fingerprint density at radius 2 is 1.69 bits per heavy atom. The van der Waals surface area contributed by atoms with Gasteiger partial charge in [-0.1, -0.05) is 24.0 Å². The molecule has 3 amide bonds. The number of carbonyl (C=O) groups is 3. The van der Waals surface area contributed by atoms with Gasteiger partial charge in [0.05, 0.1) is 28.3 Å². The van der Waals surface area contributed by atoms with Gasteiger partial charge in [-0.05, 0) is 61.4 Å². The van der Waals surface area contributed by atoms with E-state index in [1.165, 1.54) is 12.1 Å². The number of carbonyl (C=O) groups excluding carboxylic acids is 2. The Morgan fingerprint density at radius 3 is 2.33 bits per heavy atom. The number of fused-ring (bicyclic) bond motifs is 1. The van der Waals surface area contributed by atoms with E-state index in [4.69, 9.17) is 4.98 Å². The molecule has 2 aromatic heterocycles. The van der Waals surface area contributed by atoms with Gasteiger partial charge in [0.2, 0.25) is 10.0 Å². The molecule has 0 bridgehead atoms. The number of sulfonamides is 1. The van der Waals surface area contributed by atoms with Gasteiger partial charge in [0.25, 0.3) is 5.91 Å². The zero-order valence-electron chi connectivity index (χ0n) is 22.0. The zero-order chi connectivity index (χ0) is 29.4. The van der Waals surface area contributed by atoms with Gasteiger partial charge in [-0.15, -0.1) is 0 Å². The predicted molar refractivity (Wildman–Crippen MR) is 153 cm³/mol. The van der Waals surface area contributed by atoms with Crippen molar-refractivity contribution < 1.29 is 27.9 Å². The molecular weight excluding hydrogens is 558 g/mol. The lowest BCUT2D eigenvalue weighted by Crippen LogP contribution is -2.40. The van der Waals surface area contributed by atoms with Crippen LogP contribution in [0.1, 0.15) is 24.0 Å². The highest BCUT2D eigenvalue weighted by molar-refractivity contribution is 7.89. The molecule has 2 aliphatic rings. The molecular formula is C30H23N5O6S. The average Bonchev–Trinajstić information content (AvgIpc) is 3.63. The number of benzene rings is 2. The van der Waals surface area contributed by atoms with Gasteiger partial charge >= 0.3 is 12.0 Å². The molecule has 11 nitrogen and oxygen atoms in total. The van der Waals surface area contributed by atoms with E-state index < -0.39 is 28.1 Å². The van der Waals surface area contributed by atoms with Crippen LogP contribution in [0.15, 0.2) is 78.0 Å². The van der Waals surface area contributed by atoms with Crippen molar-refractivity contribution >= 4 is 44.5 Å². The van der Waals surface area contributed by atoms with Crippen LogP contribution in [0.4, 0.5) is 10.5 Å². The number of carboxylic acid groups (broad SMARTS) is 1. The lowest BCUT2D eigenvalue weighted by atomic mass is 10.1. The topological polar surface area (TPSA) is 150 Å². The molecule has 12 heteroatoms. The first-order valence-corrected chi connectivity index (χ1v) is 14.5. The molecule has 0 spiro atoms. The lowest BCUT2D eigenvalue weighted by molar-refractivity contribution is -0.140. The number of hydrogen-bond donors (Lipinski definition) is 2. The van der Waals surface area contributed by atoms with Crippen molar-refractivity contribution in [2.75, 3.05) is 18.0 Å². The lowest BCUT2D eigenvalue weighted by Gasteiger charge is -2.20. The minimum atomic E-state index is -3.93. The summed E-state index contributed by atoms with van der Waals surface area (Å²) in [6.07, 6.45) is 3.96. The molecule has 0 saturated carbocycles. The number of carboxylic acids is 1. The number of hydrogen-bond acceptors (Lipinski definition) is 7. The van der Waals surface area contributed by atoms with Gasteiger partial charge in [-0.25, -0.2) is 23.1 Å². The number of nitrogens with one attached hydrogen (secondary N) is 1. The zero-order valence-corrected chi connectivity index (χ0v) is 22.8. The maximum absolute atomic E-state index is 13.0. The first kappa shape index (κ1) is 27.1. The largest absolute Gasteiger partial charge is 0.480 e. The fourth-order valence-corrected chi connectivity index (χ4v) is 6.69. The molecule has 4 heterocycles. The third kappa shape index (κ3) is 4.96. The van der Waals surface area contributed by atoms with E-state index in [0.717, 1.165) is 14.8 Å². The van der Waals surface area contributed by atoms with E-state index in [2.05, 4.69) is 22.1 Å². The average molecular weight is 582 g/mol. The normalized spacial score (nSPS) is 17.2. The molecule has 2 fully saturated rings. The summed E-state index contributed by atoms with van der Waals surface area (Å²) in [5.74, 6) is 4.55. The first-order chi connectivity index (χ1) is 20.2. The van der Waals surface area contributed by atoms with Crippen LogP contribution in [0, 0.1) is 11.8 Å². The maximum Gasteiger partial charge on any atom is 0.329 e. The van der Waals surface area contributed by atoms with Gasteiger partial charge < -0.3 is 10.4 Å². The maximum atomic E-state index is 13.0. The van der Waals surface area contributed by atoms with Crippen molar-refractivity contribution in [1.82, 2.24) is 19.6 Å². The summed E-state index contributed by atoms with van der Waals surface area (Å²) in [5.41, 5.74) is 3.61. The van der Waals surface area contributed by atoms with Crippen molar-refractivity contribution in [3.8, 4) is 23.1 Å². The van der Waals surface area contributed by atoms with Crippen LogP contribution in [0.3, 0.4) is 0 Å². The molecule has 2 saturated heterocycles. The highest BCUT2D eigenvalue weighted by atomic mass is 32.2. The highest BCUT2D eigenvalue weighted by Gasteiger charge is 2.39. The fraction of sp³-hybridized carbons (Fsp3) is 0.167. The molecule has 42 heavy (non-hydrogen) atoms. The summed E-state index contributed by atoms with van der Waals surface area (Å²) < 4.78 is 27.0. The van der Waals surface area contributed by atoms with Crippen molar-refractivity contribution in [3.63, 3.8) is 0 Å². The first-order valence-electron chi connectivity index (χ1n) is 13.0. The Kier molecular flexibility index (Phi) is 6.89. The van der Waals surface area contributed by atoms with Crippen LogP contribution < -0.4 is 10.2 Å². The fourth-order valence-electron chi connectivity index (χ4n) is 5.04. The summed E-state index contributed by atoms with van der Waals surface area (Å²) in [4.78, 5) is 46.2. The monoisotopic (exact) mass is 581 g/mol. The van der Waals surface area contributed by atoms with Crippen molar-refractivity contribution in [3.05, 3.63) is 84.2 Å². The van der Waals surface area contributed by atoms with E-state index in [1.807, 2.05) is 24.3 Å². The van der Waals surface area contributed by atoms with Gasteiger partial charge in [-0.3, -0.25) is 14.6 Å². The standard InChI is InChI=1S/C30H23N5O6S/c36-28-18-32-30(39)35(28)27-16-25(33-24-13-14-31-17-23(24)27)21-9-5-19(6-10-21)3-4-20-7-11-22(12-8-20)42(40,41)34-15-1-2-26(34)29(37)38/h5-14,16-17,26H,1-2,15,18H2,(H,32,39)(H,37,38). The number of pyridine rings is 2. The van der Waals surface area contributed by atoms with Gasteiger partial charge in [0, 0.05) is 41.0 Å². The van der Waals surface area contributed by atoms with Crippen molar-refractivity contribution in [2.24, 2.45) is 0 Å². The molecule has 2 N–H and O–H groups in total.